The van der Waals surface area contributed by atoms with E-state index in [0.29, 0.717) is 6.61 Å². The Morgan fingerprint density at radius 3 is 2.62 bits per heavy atom. The van der Waals surface area contributed by atoms with Gasteiger partial charge in [-0.05, 0) is 20.8 Å². The second-order valence-corrected chi connectivity index (χ2v) is 3.57. The van der Waals surface area contributed by atoms with Crippen molar-refractivity contribution in [2.24, 2.45) is 5.41 Å². The van der Waals surface area contributed by atoms with Gasteiger partial charge >= 0.3 is 0 Å². The fourth-order valence-corrected chi connectivity index (χ4v) is 0.747. The average Bonchev–Trinajstić information content (AvgIpc) is 2.04. The lowest BCUT2D eigenvalue weighted by atomic mass is 9.94. The van der Waals surface area contributed by atoms with E-state index in [9.17, 15) is 4.79 Å². The predicted molar refractivity (Wildman–Crippen MR) is 48.9 cm³/mol. The molecule has 1 unspecified atom stereocenters. The molecule has 0 aromatic carbocycles. The van der Waals surface area contributed by atoms with E-state index in [0.717, 1.165) is 0 Å². The number of nitrogens with one attached hydrogen (secondary N) is 1. The molecule has 0 aliphatic heterocycles. The van der Waals surface area contributed by atoms with E-state index < -0.39 is 5.41 Å². The quantitative estimate of drug-likeness (QED) is 0.699. The normalized spacial score (nSPS) is 13.2. The number of ether oxygens (including phenoxy) is 1. The van der Waals surface area contributed by atoms with E-state index in [-0.39, 0.29) is 11.9 Å². The van der Waals surface area contributed by atoms with Gasteiger partial charge in [0.05, 0.1) is 12.7 Å². The number of hydrogen-bond donors (Lipinski definition) is 1. The third kappa shape index (κ3) is 3.90. The van der Waals surface area contributed by atoms with Crippen LogP contribution in [-0.2, 0) is 9.53 Å². The Bertz CT molecular complexity index is 218. The molecule has 0 aliphatic carbocycles. The minimum absolute atomic E-state index is 0.0647. The molecule has 0 aromatic heterocycles. The van der Waals surface area contributed by atoms with Gasteiger partial charge < -0.3 is 10.1 Å². The minimum Gasteiger partial charge on any atom is -0.383 e. The molecule has 0 heterocycles. The molecule has 13 heavy (non-hydrogen) atoms. The van der Waals surface area contributed by atoms with Gasteiger partial charge in [0.25, 0.3) is 0 Å². The summed E-state index contributed by atoms with van der Waals surface area (Å²) in [5, 5.41) is 11.4. The number of rotatable bonds is 4. The largest absolute Gasteiger partial charge is 0.383 e. The van der Waals surface area contributed by atoms with Crippen LogP contribution in [0.15, 0.2) is 0 Å². The molecule has 0 aliphatic rings. The van der Waals surface area contributed by atoms with Crippen LogP contribution in [0.1, 0.15) is 20.8 Å². The Morgan fingerprint density at radius 1 is 1.69 bits per heavy atom. The first kappa shape index (κ1) is 11.9. The van der Waals surface area contributed by atoms with Crippen LogP contribution in [0.5, 0.6) is 0 Å². The smallest absolute Gasteiger partial charge is 0.240 e. The monoisotopic (exact) mass is 184 g/mol. The number of nitrogens with zero attached hydrogens (tertiary/aromatic N) is 1. The second kappa shape index (κ2) is 4.83. The maximum Gasteiger partial charge on any atom is 0.240 e. The van der Waals surface area contributed by atoms with Crippen molar-refractivity contribution >= 4 is 5.91 Å². The Labute approximate surface area is 78.9 Å². The van der Waals surface area contributed by atoms with Gasteiger partial charge in [-0.25, -0.2) is 0 Å². The van der Waals surface area contributed by atoms with Gasteiger partial charge in [-0.2, -0.15) is 5.26 Å². The first-order chi connectivity index (χ1) is 5.94. The maximum absolute atomic E-state index is 11.4. The number of amides is 1. The number of carbonyl (C=O) groups excluding carboxylic acids is 1. The Kier molecular flexibility index (Phi) is 4.43. The van der Waals surface area contributed by atoms with Gasteiger partial charge in [0.2, 0.25) is 5.91 Å². The molecule has 74 valence electrons. The average molecular weight is 184 g/mol. The van der Waals surface area contributed by atoms with Crippen LogP contribution in [-0.4, -0.2) is 25.7 Å². The van der Waals surface area contributed by atoms with Crippen LogP contribution >= 0.6 is 0 Å². The molecule has 0 fully saturated rings. The van der Waals surface area contributed by atoms with E-state index in [1.807, 2.05) is 13.0 Å². The first-order valence-corrected chi connectivity index (χ1v) is 4.15. The fourth-order valence-electron chi connectivity index (χ4n) is 0.747. The molecule has 4 heteroatoms. The highest BCUT2D eigenvalue weighted by atomic mass is 16.5. The lowest BCUT2D eigenvalue weighted by Gasteiger charge is -2.19. The molecule has 0 bridgehead atoms. The summed E-state index contributed by atoms with van der Waals surface area (Å²) in [6.45, 7) is 5.45. The van der Waals surface area contributed by atoms with Crippen molar-refractivity contribution in [3.8, 4) is 6.07 Å². The van der Waals surface area contributed by atoms with Gasteiger partial charge in [-0.3, -0.25) is 4.79 Å². The zero-order valence-corrected chi connectivity index (χ0v) is 8.55. The molecule has 0 spiro atoms. The highest BCUT2D eigenvalue weighted by Crippen LogP contribution is 2.12. The van der Waals surface area contributed by atoms with Crippen LogP contribution in [0.25, 0.3) is 0 Å². The summed E-state index contributed by atoms with van der Waals surface area (Å²) >= 11 is 0. The molecule has 0 radical (unpaired) electrons. The first-order valence-electron chi connectivity index (χ1n) is 4.15. The lowest BCUT2D eigenvalue weighted by molar-refractivity contribution is -0.127. The van der Waals surface area contributed by atoms with Crippen molar-refractivity contribution in [1.29, 1.82) is 5.26 Å². The van der Waals surface area contributed by atoms with E-state index in [2.05, 4.69) is 5.32 Å². The minimum atomic E-state index is -0.970. The summed E-state index contributed by atoms with van der Waals surface area (Å²) in [6, 6.07) is 1.87. The van der Waals surface area contributed by atoms with E-state index in [1.54, 1.807) is 21.0 Å². The zero-order valence-electron chi connectivity index (χ0n) is 8.55. The number of hydrogen-bond acceptors (Lipinski definition) is 3. The molecular weight excluding hydrogens is 168 g/mol. The van der Waals surface area contributed by atoms with Gasteiger partial charge in [0, 0.05) is 13.2 Å². The van der Waals surface area contributed by atoms with Crippen LogP contribution in [0, 0.1) is 16.7 Å². The van der Waals surface area contributed by atoms with Gasteiger partial charge in [-0.15, -0.1) is 0 Å². The standard InChI is InChI=1S/C9H16N2O2/c1-7(5-13-4)11-8(12)9(2,3)6-10/h7H,5H2,1-4H3,(H,11,12). The van der Waals surface area contributed by atoms with Crippen molar-refractivity contribution in [1.82, 2.24) is 5.32 Å². The van der Waals surface area contributed by atoms with E-state index >= 15 is 0 Å². The summed E-state index contributed by atoms with van der Waals surface area (Å²) in [7, 11) is 1.57. The highest BCUT2D eigenvalue weighted by Gasteiger charge is 2.27. The topological polar surface area (TPSA) is 62.1 Å². The fraction of sp³-hybridized carbons (Fsp3) is 0.778. The number of carbonyl (C=O) groups is 1. The SMILES string of the molecule is COCC(C)NC(=O)C(C)(C)C#N. The molecule has 1 N–H and O–H groups in total. The molecule has 0 rings (SSSR count). The molecule has 1 amide bonds. The van der Waals surface area contributed by atoms with Crippen molar-refractivity contribution in [3.63, 3.8) is 0 Å². The summed E-state index contributed by atoms with van der Waals surface area (Å²) in [6.07, 6.45) is 0. The summed E-state index contributed by atoms with van der Waals surface area (Å²) < 4.78 is 4.85. The van der Waals surface area contributed by atoms with Crippen molar-refractivity contribution in [3.05, 3.63) is 0 Å². The molecule has 1 atom stereocenters. The lowest BCUT2D eigenvalue weighted by Crippen LogP contribution is -2.42. The predicted octanol–water partition coefficient (Wildman–Crippen LogP) is 0.687. The molecule has 0 saturated carbocycles. The van der Waals surface area contributed by atoms with E-state index in [4.69, 9.17) is 10.00 Å². The maximum atomic E-state index is 11.4. The molecule has 0 aromatic rings. The Balaban J connectivity index is 4.09. The van der Waals surface area contributed by atoms with Gasteiger partial charge in [0.15, 0.2) is 0 Å². The third-order valence-electron chi connectivity index (χ3n) is 1.64. The van der Waals surface area contributed by atoms with Crippen molar-refractivity contribution < 1.29 is 9.53 Å². The second-order valence-electron chi connectivity index (χ2n) is 3.57. The Hall–Kier alpha value is -1.08. The zero-order chi connectivity index (χ0) is 10.5. The summed E-state index contributed by atoms with van der Waals surface area (Å²) in [4.78, 5) is 11.4. The number of nitriles is 1. The van der Waals surface area contributed by atoms with Crippen LogP contribution < -0.4 is 5.32 Å². The molecule has 4 nitrogen and oxygen atoms in total. The van der Waals surface area contributed by atoms with Crippen molar-refractivity contribution in [2.45, 2.75) is 26.8 Å². The van der Waals surface area contributed by atoms with E-state index in [1.165, 1.54) is 0 Å². The van der Waals surface area contributed by atoms with Crippen LogP contribution in [0.3, 0.4) is 0 Å². The van der Waals surface area contributed by atoms with Crippen LogP contribution in [0.2, 0.25) is 0 Å². The van der Waals surface area contributed by atoms with Gasteiger partial charge in [-0.1, -0.05) is 0 Å². The molecular formula is C9H16N2O2. The number of methoxy groups -OCH3 is 1. The third-order valence-corrected chi connectivity index (χ3v) is 1.64. The van der Waals surface area contributed by atoms with Gasteiger partial charge in [0.1, 0.15) is 5.41 Å². The van der Waals surface area contributed by atoms with Crippen molar-refractivity contribution in [2.75, 3.05) is 13.7 Å². The summed E-state index contributed by atoms with van der Waals surface area (Å²) in [5.41, 5.74) is -0.970. The summed E-state index contributed by atoms with van der Waals surface area (Å²) in [5.74, 6) is -0.264. The van der Waals surface area contributed by atoms with Crippen LogP contribution in [0.4, 0.5) is 0 Å². The Morgan fingerprint density at radius 2 is 2.23 bits per heavy atom. The molecule has 0 saturated heterocycles. The highest BCUT2D eigenvalue weighted by molar-refractivity contribution is 5.84.